The van der Waals surface area contributed by atoms with Crippen molar-refractivity contribution in [3.05, 3.63) is 12.3 Å². The molecule has 0 amide bonds. The molecule has 0 aromatic carbocycles. The highest BCUT2D eigenvalue weighted by molar-refractivity contribution is 5.30. The molecule has 15 heavy (non-hydrogen) atoms. The Morgan fingerprint density at radius 2 is 1.80 bits per heavy atom. The van der Waals surface area contributed by atoms with Crippen LogP contribution in [-0.4, -0.2) is 18.3 Å². The van der Waals surface area contributed by atoms with Gasteiger partial charge >= 0.3 is 0 Å². The minimum atomic E-state index is -0.336. The average molecular weight is 212 g/mol. The van der Waals surface area contributed by atoms with E-state index in [1.165, 1.54) is 0 Å². The molecule has 0 saturated heterocycles. The Morgan fingerprint density at radius 3 is 2.00 bits per heavy atom. The van der Waals surface area contributed by atoms with Gasteiger partial charge in [0.05, 0.1) is 24.4 Å². The number of ether oxygens (including phenoxy) is 1. The van der Waals surface area contributed by atoms with E-state index >= 15 is 0 Å². The molecule has 0 heterocycles. The first-order valence-corrected chi connectivity index (χ1v) is 5.51. The molecule has 2 nitrogen and oxygen atoms in total. The van der Waals surface area contributed by atoms with Crippen LogP contribution in [0.15, 0.2) is 12.3 Å². The lowest BCUT2D eigenvalue weighted by Crippen LogP contribution is -2.22. The first-order valence-electron chi connectivity index (χ1n) is 5.51. The van der Waals surface area contributed by atoms with Gasteiger partial charge in [-0.3, -0.25) is 0 Å². The van der Waals surface area contributed by atoms with Gasteiger partial charge in [0.2, 0.25) is 0 Å². The number of hydrogen-bond acceptors (Lipinski definition) is 2. The number of rotatable bonds is 3. The lowest BCUT2D eigenvalue weighted by molar-refractivity contribution is 0.136. The molecule has 0 aromatic heterocycles. The molecule has 1 aliphatic carbocycles. The zero-order chi connectivity index (χ0) is 12.1. The lowest BCUT2D eigenvalue weighted by Gasteiger charge is -2.29. The van der Waals surface area contributed by atoms with Crippen LogP contribution in [0.25, 0.3) is 0 Å². The van der Waals surface area contributed by atoms with Crippen molar-refractivity contribution in [1.82, 2.24) is 0 Å². The van der Waals surface area contributed by atoms with Crippen LogP contribution in [0.5, 0.6) is 0 Å². The maximum absolute atomic E-state index is 10.1. The molecule has 2 unspecified atom stereocenters. The molecule has 0 bridgehead atoms. The van der Waals surface area contributed by atoms with Crippen molar-refractivity contribution >= 4 is 0 Å². The first kappa shape index (κ1) is 12.6. The van der Waals surface area contributed by atoms with Gasteiger partial charge in [0.25, 0.3) is 0 Å². The highest BCUT2D eigenvalue weighted by Crippen LogP contribution is 2.70. The summed E-state index contributed by atoms with van der Waals surface area (Å²) in [7, 11) is 1.63. The number of aliphatic hydroxyl groups excluding tert-OH is 1. The van der Waals surface area contributed by atoms with Crippen molar-refractivity contribution in [3.8, 4) is 0 Å². The number of methoxy groups -OCH3 is 1. The third-order valence-electron chi connectivity index (χ3n) is 3.77. The molecule has 1 N–H and O–H groups in total. The molecular weight excluding hydrogens is 188 g/mol. The lowest BCUT2D eigenvalue weighted by atomic mass is 9.78. The minimum Gasteiger partial charge on any atom is -0.501 e. The Labute approximate surface area is 93.3 Å². The van der Waals surface area contributed by atoms with Crippen LogP contribution in [0.4, 0.5) is 0 Å². The van der Waals surface area contributed by atoms with E-state index in [1.54, 1.807) is 7.11 Å². The van der Waals surface area contributed by atoms with Gasteiger partial charge in [0.15, 0.2) is 0 Å². The van der Waals surface area contributed by atoms with E-state index in [9.17, 15) is 5.11 Å². The van der Waals surface area contributed by atoms with Crippen molar-refractivity contribution in [2.24, 2.45) is 16.2 Å². The van der Waals surface area contributed by atoms with Gasteiger partial charge in [0.1, 0.15) is 0 Å². The topological polar surface area (TPSA) is 29.5 Å². The second kappa shape index (κ2) is 3.24. The summed E-state index contributed by atoms with van der Waals surface area (Å²) in [4.78, 5) is 0. The van der Waals surface area contributed by atoms with Crippen LogP contribution < -0.4 is 0 Å². The Kier molecular flexibility index (Phi) is 2.72. The van der Waals surface area contributed by atoms with E-state index in [0.29, 0.717) is 0 Å². The molecule has 1 rings (SSSR count). The van der Waals surface area contributed by atoms with Crippen molar-refractivity contribution < 1.29 is 9.84 Å². The molecule has 88 valence electrons. The van der Waals surface area contributed by atoms with Crippen LogP contribution in [-0.2, 0) is 4.74 Å². The fraction of sp³-hybridized carbons (Fsp3) is 0.846. The normalized spacial score (nSPS) is 33.7. The molecule has 0 radical (unpaired) electrons. The Morgan fingerprint density at radius 1 is 1.40 bits per heavy atom. The Balaban J connectivity index is 2.98. The zero-order valence-corrected chi connectivity index (χ0v) is 10.8. The van der Waals surface area contributed by atoms with Crippen molar-refractivity contribution in [2.45, 2.75) is 47.1 Å². The molecular formula is C13H24O2. The predicted molar refractivity (Wildman–Crippen MR) is 62.4 cm³/mol. The summed E-state index contributed by atoms with van der Waals surface area (Å²) < 4.78 is 5.27. The maximum atomic E-state index is 10.1. The fourth-order valence-electron chi connectivity index (χ4n) is 2.78. The molecule has 1 aliphatic rings. The smallest absolute Gasteiger partial charge is 0.0978 e. The van der Waals surface area contributed by atoms with Crippen LogP contribution >= 0.6 is 0 Å². The summed E-state index contributed by atoms with van der Waals surface area (Å²) >= 11 is 0. The van der Waals surface area contributed by atoms with Gasteiger partial charge in [-0.05, 0) is 11.8 Å². The van der Waals surface area contributed by atoms with Gasteiger partial charge < -0.3 is 9.84 Å². The standard InChI is InChI=1S/C13H24O2/c1-9(15-7)13(8-11(2,3)4)10(14)12(13,5)6/h10,14H,1,8H2,2-7H3. The van der Waals surface area contributed by atoms with E-state index in [-0.39, 0.29) is 22.3 Å². The molecule has 1 saturated carbocycles. The number of hydrogen-bond donors (Lipinski definition) is 1. The summed E-state index contributed by atoms with van der Waals surface area (Å²) in [5, 5.41) is 10.1. The summed E-state index contributed by atoms with van der Waals surface area (Å²) in [6, 6.07) is 0. The molecule has 2 atom stereocenters. The Hall–Kier alpha value is -0.500. The number of aliphatic hydroxyl groups is 1. The van der Waals surface area contributed by atoms with E-state index in [0.717, 1.165) is 12.2 Å². The summed E-state index contributed by atoms with van der Waals surface area (Å²) in [5.41, 5.74) is -0.219. The van der Waals surface area contributed by atoms with E-state index in [4.69, 9.17) is 4.74 Å². The van der Waals surface area contributed by atoms with Gasteiger partial charge in [-0.15, -0.1) is 0 Å². The van der Waals surface area contributed by atoms with Crippen LogP contribution in [0.2, 0.25) is 0 Å². The van der Waals surface area contributed by atoms with Crippen LogP contribution in [0, 0.1) is 16.2 Å². The minimum absolute atomic E-state index is 0.118. The SMILES string of the molecule is C=C(OC)C1(CC(C)(C)C)C(O)C1(C)C. The third kappa shape index (κ3) is 1.69. The summed E-state index contributed by atoms with van der Waals surface area (Å²) in [5.74, 6) is 0.718. The van der Waals surface area contributed by atoms with Gasteiger partial charge in [-0.1, -0.05) is 41.2 Å². The fourth-order valence-corrected chi connectivity index (χ4v) is 2.78. The highest BCUT2D eigenvalue weighted by Gasteiger charge is 2.73. The predicted octanol–water partition coefficient (Wildman–Crippen LogP) is 2.97. The van der Waals surface area contributed by atoms with Gasteiger partial charge in [-0.2, -0.15) is 0 Å². The largest absolute Gasteiger partial charge is 0.501 e. The quantitative estimate of drug-likeness (QED) is 0.729. The summed E-state index contributed by atoms with van der Waals surface area (Å²) in [6.07, 6.45) is 0.567. The van der Waals surface area contributed by atoms with E-state index in [2.05, 4.69) is 41.2 Å². The molecule has 0 aliphatic heterocycles. The molecule has 0 spiro atoms. The van der Waals surface area contributed by atoms with Crippen molar-refractivity contribution in [3.63, 3.8) is 0 Å². The molecule has 0 aromatic rings. The zero-order valence-electron chi connectivity index (χ0n) is 10.8. The second-order valence-corrected chi connectivity index (χ2v) is 6.46. The first-order chi connectivity index (χ1) is 6.59. The van der Waals surface area contributed by atoms with Crippen LogP contribution in [0.3, 0.4) is 0 Å². The van der Waals surface area contributed by atoms with Crippen molar-refractivity contribution in [2.75, 3.05) is 7.11 Å². The molecule has 1 fully saturated rings. The van der Waals surface area contributed by atoms with E-state index < -0.39 is 0 Å². The van der Waals surface area contributed by atoms with E-state index in [1.807, 2.05) is 0 Å². The third-order valence-corrected chi connectivity index (χ3v) is 3.77. The average Bonchev–Trinajstić information content (AvgIpc) is 2.47. The monoisotopic (exact) mass is 212 g/mol. The second-order valence-electron chi connectivity index (χ2n) is 6.46. The maximum Gasteiger partial charge on any atom is 0.0978 e. The van der Waals surface area contributed by atoms with Gasteiger partial charge in [-0.25, -0.2) is 0 Å². The van der Waals surface area contributed by atoms with Gasteiger partial charge in [0, 0.05) is 5.41 Å². The molecule has 2 heteroatoms. The van der Waals surface area contributed by atoms with Crippen LogP contribution in [0.1, 0.15) is 41.0 Å². The van der Waals surface area contributed by atoms with Crippen molar-refractivity contribution in [1.29, 1.82) is 0 Å². The Bertz CT molecular complexity index is 273. The summed E-state index contributed by atoms with van der Waals surface area (Å²) in [6.45, 7) is 14.6. The highest BCUT2D eigenvalue weighted by atomic mass is 16.5.